The lowest BCUT2D eigenvalue weighted by atomic mass is 9.74. The molecule has 1 aliphatic carbocycles. The summed E-state index contributed by atoms with van der Waals surface area (Å²) >= 11 is 0. The minimum atomic E-state index is -0.0828. The van der Waals surface area contributed by atoms with Gasteiger partial charge in [-0.1, -0.05) is 38.1 Å². The summed E-state index contributed by atoms with van der Waals surface area (Å²) < 4.78 is 7.85. The van der Waals surface area contributed by atoms with Crippen molar-refractivity contribution >= 4 is 27.7 Å². The Hall–Kier alpha value is -3.34. The van der Waals surface area contributed by atoms with E-state index in [0.717, 1.165) is 41.0 Å². The number of benzene rings is 2. The van der Waals surface area contributed by atoms with Crippen molar-refractivity contribution < 1.29 is 9.21 Å². The van der Waals surface area contributed by atoms with Crippen LogP contribution in [-0.4, -0.2) is 10.5 Å². The number of fused-ring (bicyclic) bond motifs is 3. The third-order valence-corrected chi connectivity index (χ3v) is 6.25. The topological polar surface area (TPSA) is 64.2 Å². The molecular formula is C26H26N2O3. The van der Waals surface area contributed by atoms with Crippen LogP contribution in [0.2, 0.25) is 0 Å². The van der Waals surface area contributed by atoms with Gasteiger partial charge in [0.1, 0.15) is 18.1 Å². The summed E-state index contributed by atoms with van der Waals surface area (Å²) in [5, 5.41) is 4.49. The normalized spacial score (nSPS) is 17.6. The van der Waals surface area contributed by atoms with Gasteiger partial charge in [0, 0.05) is 22.8 Å². The van der Waals surface area contributed by atoms with Gasteiger partial charge in [-0.15, -0.1) is 0 Å². The van der Waals surface area contributed by atoms with Crippen LogP contribution < -0.4 is 10.7 Å². The molecule has 2 aromatic heterocycles. The average molecular weight is 415 g/mol. The molecule has 0 bridgehead atoms. The van der Waals surface area contributed by atoms with E-state index in [9.17, 15) is 9.59 Å². The number of para-hydroxylation sites is 2. The number of aromatic nitrogens is 1. The lowest BCUT2D eigenvalue weighted by Crippen LogP contribution is -2.37. The number of furan rings is 1. The molecule has 1 amide bonds. The van der Waals surface area contributed by atoms with Crippen molar-refractivity contribution in [3.05, 3.63) is 81.9 Å². The van der Waals surface area contributed by atoms with Gasteiger partial charge in [0.2, 0.25) is 5.91 Å². The minimum Gasteiger partial charge on any atom is -0.466 e. The zero-order valence-electron chi connectivity index (χ0n) is 18.1. The lowest BCUT2D eigenvalue weighted by molar-refractivity contribution is -0.122. The molecule has 0 aliphatic heterocycles. The van der Waals surface area contributed by atoms with E-state index in [1.165, 1.54) is 0 Å². The molecule has 1 aliphatic rings. The Kier molecular flexibility index (Phi) is 4.50. The van der Waals surface area contributed by atoms with Crippen molar-refractivity contribution in [2.45, 2.75) is 46.2 Å². The number of nitrogens with zero attached hydrogens (tertiary/aromatic N) is 1. The second-order valence-electron chi connectivity index (χ2n) is 9.35. The predicted octanol–water partition coefficient (Wildman–Crippen LogP) is 4.89. The van der Waals surface area contributed by atoms with Crippen LogP contribution in [0, 0.1) is 12.3 Å². The molecule has 0 saturated heterocycles. The van der Waals surface area contributed by atoms with Gasteiger partial charge in [-0.05, 0) is 49.1 Å². The largest absolute Gasteiger partial charge is 0.466 e. The lowest BCUT2D eigenvalue weighted by Gasteiger charge is -2.34. The van der Waals surface area contributed by atoms with Crippen LogP contribution in [0.15, 0.2) is 63.8 Å². The fraction of sp³-hybridized carbons (Fsp3) is 0.308. The van der Waals surface area contributed by atoms with E-state index in [1.54, 1.807) is 0 Å². The first-order valence-corrected chi connectivity index (χ1v) is 10.7. The molecule has 5 nitrogen and oxygen atoms in total. The first kappa shape index (κ1) is 19.6. The monoisotopic (exact) mass is 414 g/mol. The smallest absolute Gasteiger partial charge is 0.240 e. The SMILES string of the molecule is Cc1cc2c(o1)CC(C)(C)CC2NC(=O)Cn1c2ccccc2c(=O)c2ccccc21. The summed E-state index contributed by atoms with van der Waals surface area (Å²) in [6.45, 7) is 6.50. The Bertz CT molecular complexity index is 1320. The van der Waals surface area contributed by atoms with Crippen molar-refractivity contribution in [3.63, 3.8) is 0 Å². The number of aryl methyl sites for hydroxylation is 1. The standard InChI is InChI=1S/C26H26N2O3/c1-16-12-19-20(13-26(2,3)14-23(19)31-16)27-24(29)15-28-21-10-6-4-8-17(21)25(30)18-9-5-7-11-22(18)28/h4-12,20H,13-15H2,1-3H3,(H,27,29). The molecule has 0 saturated carbocycles. The van der Waals surface area contributed by atoms with Gasteiger partial charge in [-0.3, -0.25) is 9.59 Å². The summed E-state index contributed by atoms with van der Waals surface area (Å²) in [5.74, 6) is 1.77. The molecule has 0 radical (unpaired) electrons. The van der Waals surface area contributed by atoms with E-state index in [1.807, 2.05) is 66.1 Å². The number of nitrogens with one attached hydrogen (secondary N) is 1. The van der Waals surface area contributed by atoms with E-state index in [0.29, 0.717) is 10.8 Å². The maximum atomic E-state index is 13.2. The summed E-state index contributed by atoms with van der Waals surface area (Å²) in [5.41, 5.74) is 2.66. The molecule has 1 unspecified atom stereocenters. The van der Waals surface area contributed by atoms with Crippen LogP contribution in [0.5, 0.6) is 0 Å². The fourth-order valence-corrected chi connectivity index (χ4v) is 4.94. The van der Waals surface area contributed by atoms with Crippen LogP contribution in [0.4, 0.5) is 0 Å². The zero-order chi connectivity index (χ0) is 21.8. The number of pyridine rings is 1. The Morgan fingerprint density at radius 1 is 1.10 bits per heavy atom. The predicted molar refractivity (Wildman–Crippen MR) is 122 cm³/mol. The van der Waals surface area contributed by atoms with E-state index in [4.69, 9.17) is 4.42 Å². The minimum absolute atomic E-state index is 0.00426. The molecule has 4 aromatic rings. The van der Waals surface area contributed by atoms with Gasteiger partial charge < -0.3 is 14.3 Å². The molecule has 2 aromatic carbocycles. The highest BCUT2D eigenvalue weighted by molar-refractivity contribution is 5.94. The van der Waals surface area contributed by atoms with Gasteiger partial charge >= 0.3 is 0 Å². The Morgan fingerprint density at radius 2 is 1.71 bits per heavy atom. The number of rotatable bonds is 3. The van der Waals surface area contributed by atoms with E-state index >= 15 is 0 Å². The summed E-state index contributed by atoms with van der Waals surface area (Å²) in [6.07, 6.45) is 1.73. The van der Waals surface area contributed by atoms with Crippen molar-refractivity contribution in [2.24, 2.45) is 5.41 Å². The number of hydrogen-bond donors (Lipinski definition) is 1. The number of carbonyl (C=O) groups excluding carboxylic acids is 1. The Morgan fingerprint density at radius 3 is 2.35 bits per heavy atom. The van der Waals surface area contributed by atoms with Crippen LogP contribution in [0.1, 0.15) is 43.4 Å². The van der Waals surface area contributed by atoms with Gasteiger partial charge in [0.15, 0.2) is 5.43 Å². The fourth-order valence-electron chi connectivity index (χ4n) is 4.94. The molecule has 5 rings (SSSR count). The maximum absolute atomic E-state index is 13.2. The summed E-state index contributed by atoms with van der Waals surface area (Å²) in [4.78, 5) is 26.2. The third-order valence-electron chi connectivity index (χ3n) is 6.25. The van der Waals surface area contributed by atoms with Gasteiger partial charge in [0.25, 0.3) is 0 Å². The van der Waals surface area contributed by atoms with Crippen molar-refractivity contribution in [1.82, 2.24) is 9.88 Å². The van der Waals surface area contributed by atoms with Crippen LogP contribution in [0.3, 0.4) is 0 Å². The third kappa shape index (κ3) is 3.44. The van der Waals surface area contributed by atoms with Crippen LogP contribution in [0.25, 0.3) is 21.8 Å². The zero-order valence-corrected chi connectivity index (χ0v) is 18.1. The maximum Gasteiger partial charge on any atom is 0.240 e. The second-order valence-corrected chi connectivity index (χ2v) is 9.35. The van der Waals surface area contributed by atoms with Crippen LogP contribution >= 0.6 is 0 Å². The quantitative estimate of drug-likeness (QED) is 0.486. The van der Waals surface area contributed by atoms with Gasteiger partial charge in [-0.2, -0.15) is 0 Å². The molecule has 0 fully saturated rings. The van der Waals surface area contributed by atoms with Crippen molar-refractivity contribution in [3.8, 4) is 0 Å². The molecule has 1 N–H and O–H groups in total. The highest BCUT2D eigenvalue weighted by Gasteiger charge is 2.35. The number of carbonyl (C=O) groups is 1. The van der Waals surface area contributed by atoms with Gasteiger partial charge in [0.05, 0.1) is 17.1 Å². The molecule has 5 heteroatoms. The average Bonchev–Trinajstić information content (AvgIpc) is 3.10. The van der Waals surface area contributed by atoms with E-state index < -0.39 is 0 Å². The first-order valence-electron chi connectivity index (χ1n) is 10.7. The molecule has 158 valence electrons. The van der Waals surface area contributed by atoms with Crippen molar-refractivity contribution in [1.29, 1.82) is 0 Å². The second kappa shape index (κ2) is 7.12. The van der Waals surface area contributed by atoms with Gasteiger partial charge in [-0.25, -0.2) is 0 Å². The molecule has 31 heavy (non-hydrogen) atoms. The van der Waals surface area contributed by atoms with E-state index in [-0.39, 0.29) is 29.3 Å². The molecule has 0 spiro atoms. The number of hydrogen-bond acceptors (Lipinski definition) is 3. The summed E-state index contributed by atoms with van der Waals surface area (Å²) in [6, 6.07) is 16.9. The molecule has 1 atom stereocenters. The first-order chi connectivity index (χ1) is 14.8. The highest BCUT2D eigenvalue weighted by Crippen LogP contribution is 2.42. The van der Waals surface area contributed by atoms with E-state index in [2.05, 4.69) is 19.2 Å². The molecule has 2 heterocycles. The van der Waals surface area contributed by atoms with Crippen LogP contribution in [-0.2, 0) is 17.8 Å². The molecular weight excluding hydrogens is 388 g/mol. The van der Waals surface area contributed by atoms with Crippen molar-refractivity contribution in [2.75, 3.05) is 0 Å². The number of amides is 1. The highest BCUT2D eigenvalue weighted by atomic mass is 16.3. The Balaban J connectivity index is 1.53. The summed E-state index contributed by atoms with van der Waals surface area (Å²) in [7, 11) is 0. The Labute approximate surface area is 180 Å².